The Labute approximate surface area is 129 Å². The van der Waals surface area contributed by atoms with E-state index in [2.05, 4.69) is 0 Å². The normalized spacial score (nSPS) is 10.8. The summed E-state index contributed by atoms with van der Waals surface area (Å²) in [6, 6.07) is 3.18. The zero-order valence-corrected chi connectivity index (χ0v) is 13.3. The first-order valence-electron chi connectivity index (χ1n) is 6.99. The Morgan fingerprint density at radius 1 is 1.36 bits per heavy atom. The van der Waals surface area contributed by atoms with Gasteiger partial charge in [-0.2, -0.15) is 0 Å². The van der Waals surface area contributed by atoms with Crippen molar-refractivity contribution in [2.24, 2.45) is 7.05 Å². The number of aliphatic carboxylic acids is 1. The van der Waals surface area contributed by atoms with Crippen LogP contribution in [0.5, 0.6) is 0 Å². The van der Waals surface area contributed by atoms with E-state index >= 15 is 0 Å². The number of carbonyl (C=O) groups excluding carboxylic acids is 1. The third kappa shape index (κ3) is 4.17. The fraction of sp³-hybridized carbons (Fsp3) is 0.533. The van der Waals surface area contributed by atoms with Gasteiger partial charge in [0.15, 0.2) is 0 Å². The molecule has 1 N–H and O–H groups in total. The van der Waals surface area contributed by atoms with Gasteiger partial charge in [0, 0.05) is 26.4 Å². The number of methoxy groups -OCH3 is 1. The molecule has 0 fully saturated rings. The zero-order chi connectivity index (χ0) is 16.9. The van der Waals surface area contributed by atoms with E-state index in [1.54, 1.807) is 13.1 Å². The molecule has 1 aromatic rings. The van der Waals surface area contributed by atoms with Crippen LogP contribution in [0.1, 0.15) is 35.8 Å². The van der Waals surface area contributed by atoms with E-state index in [0.29, 0.717) is 0 Å². The van der Waals surface area contributed by atoms with E-state index in [4.69, 9.17) is 9.84 Å². The predicted octanol–water partition coefficient (Wildman–Crippen LogP) is 0.682. The van der Waals surface area contributed by atoms with E-state index < -0.39 is 24.0 Å². The molecule has 1 amide bonds. The molecular weight excluding hydrogens is 288 g/mol. The van der Waals surface area contributed by atoms with Crippen LogP contribution in [0.15, 0.2) is 16.9 Å². The summed E-state index contributed by atoms with van der Waals surface area (Å²) in [6.07, 6.45) is 0. The van der Waals surface area contributed by atoms with E-state index in [9.17, 15) is 14.4 Å². The Morgan fingerprint density at radius 2 is 2.00 bits per heavy atom. The Balaban J connectivity index is 3.16. The lowest BCUT2D eigenvalue weighted by atomic mass is 10.1. The summed E-state index contributed by atoms with van der Waals surface area (Å²) in [6.45, 7) is 3.73. The lowest BCUT2D eigenvalue weighted by Crippen LogP contribution is -2.41. The molecule has 7 heteroatoms. The summed E-state index contributed by atoms with van der Waals surface area (Å²) >= 11 is 0. The molecule has 0 aromatic carbocycles. The van der Waals surface area contributed by atoms with Crippen molar-refractivity contribution in [3.8, 4) is 0 Å². The number of carboxylic acid groups (broad SMARTS) is 1. The first-order valence-corrected chi connectivity index (χ1v) is 6.99. The van der Waals surface area contributed by atoms with Crippen molar-refractivity contribution in [2.45, 2.75) is 19.8 Å². The van der Waals surface area contributed by atoms with Crippen LogP contribution in [-0.2, 0) is 16.6 Å². The number of carboxylic acids is 1. The molecule has 0 aliphatic carbocycles. The van der Waals surface area contributed by atoms with Gasteiger partial charge in [-0.25, -0.2) is 0 Å². The smallest absolute Gasteiger partial charge is 0.323 e. The van der Waals surface area contributed by atoms with Crippen molar-refractivity contribution >= 4 is 11.9 Å². The van der Waals surface area contributed by atoms with Gasteiger partial charge in [-0.15, -0.1) is 0 Å². The molecule has 0 aliphatic heterocycles. The molecule has 0 radical (unpaired) electrons. The fourth-order valence-corrected chi connectivity index (χ4v) is 2.18. The van der Waals surface area contributed by atoms with Gasteiger partial charge >= 0.3 is 5.97 Å². The average molecular weight is 310 g/mol. The van der Waals surface area contributed by atoms with Crippen molar-refractivity contribution in [1.82, 2.24) is 9.47 Å². The maximum absolute atomic E-state index is 12.4. The SMILES string of the molecule is COCCN(CC(=O)O)C(=O)c1ccc(C(C)C)n(C)c1=O. The van der Waals surface area contributed by atoms with Crippen LogP contribution in [0.3, 0.4) is 0 Å². The molecule has 0 saturated carbocycles. The highest BCUT2D eigenvalue weighted by Gasteiger charge is 2.22. The zero-order valence-electron chi connectivity index (χ0n) is 13.3. The van der Waals surface area contributed by atoms with Crippen LogP contribution in [-0.4, -0.2) is 53.3 Å². The van der Waals surface area contributed by atoms with Crippen LogP contribution in [0.25, 0.3) is 0 Å². The molecule has 1 heterocycles. The molecular formula is C15H22N2O5. The topological polar surface area (TPSA) is 88.8 Å². The second kappa shape index (κ2) is 7.74. The summed E-state index contributed by atoms with van der Waals surface area (Å²) in [5, 5.41) is 8.90. The third-order valence-electron chi connectivity index (χ3n) is 3.34. The van der Waals surface area contributed by atoms with E-state index in [-0.39, 0.29) is 24.6 Å². The minimum atomic E-state index is -1.14. The first-order chi connectivity index (χ1) is 10.3. The summed E-state index contributed by atoms with van der Waals surface area (Å²) in [5.74, 6) is -1.60. The van der Waals surface area contributed by atoms with Crippen LogP contribution in [0.2, 0.25) is 0 Å². The number of rotatable bonds is 7. The van der Waals surface area contributed by atoms with Crippen LogP contribution >= 0.6 is 0 Å². The first kappa shape index (κ1) is 17.9. The molecule has 0 aliphatic rings. The van der Waals surface area contributed by atoms with Gasteiger partial charge in [-0.3, -0.25) is 14.4 Å². The summed E-state index contributed by atoms with van der Waals surface area (Å²) in [4.78, 5) is 36.8. The van der Waals surface area contributed by atoms with Gasteiger partial charge in [0.05, 0.1) is 6.61 Å². The number of pyridine rings is 1. The molecule has 0 spiro atoms. The highest BCUT2D eigenvalue weighted by Crippen LogP contribution is 2.12. The van der Waals surface area contributed by atoms with Gasteiger partial charge in [-0.05, 0) is 18.1 Å². The minimum Gasteiger partial charge on any atom is -0.480 e. The standard InChI is InChI=1S/C15H22N2O5/c1-10(2)12-6-5-11(14(20)16(12)3)15(21)17(7-8-22-4)9-13(18)19/h5-6,10H,7-9H2,1-4H3,(H,18,19). The van der Waals surface area contributed by atoms with Gasteiger partial charge in [0.1, 0.15) is 12.1 Å². The monoisotopic (exact) mass is 310 g/mol. The number of ether oxygens (including phenoxy) is 1. The number of hydrogen-bond acceptors (Lipinski definition) is 4. The van der Waals surface area contributed by atoms with Crippen molar-refractivity contribution in [2.75, 3.05) is 26.8 Å². The Bertz CT molecular complexity index is 606. The second-order valence-electron chi connectivity index (χ2n) is 5.30. The van der Waals surface area contributed by atoms with E-state index in [1.165, 1.54) is 17.7 Å². The van der Waals surface area contributed by atoms with Gasteiger partial charge in [-0.1, -0.05) is 13.8 Å². The highest BCUT2D eigenvalue weighted by molar-refractivity contribution is 5.95. The number of nitrogens with zero attached hydrogens (tertiary/aromatic N) is 2. The largest absolute Gasteiger partial charge is 0.480 e. The molecule has 22 heavy (non-hydrogen) atoms. The maximum Gasteiger partial charge on any atom is 0.323 e. The molecule has 7 nitrogen and oxygen atoms in total. The molecule has 0 unspecified atom stereocenters. The number of hydrogen-bond donors (Lipinski definition) is 1. The number of amides is 1. The molecule has 0 saturated heterocycles. The number of aromatic nitrogens is 1. The van der Waals surface area contributed by atoms with Gasteiger partial charge in [0.2, 0.25) is 0 Å². The van der Waals surface area contributed by atoms with E-state index in [1.807, 2.05) is 13.8 Å². The maximum atomic E-state index is 12.4. The Morgan fingerprint density at radius 3 is 2.50 bits per heavy atom. The summed E-state index contributed by atoms with van der Waals surface area (Å²) in [5.41, 5.74) is 0.344. The second-order valence-corrected chi connectivity index (χ2v) is 5.30. The molecule has 1 aromatic heterocycles. The van der Waals surface area contributed by atoms with Crippen LogP contribution < -0.4 is 5.56 Å². The van der Waals surface area contributed by atoms with Crippen LogP contribution in [0.4, 0.5) is 0 Å². The lowest BCUT2D eigenvalue weighted by Gasteiger charge is -2.21. The Kier molecular flexibility index (Phi) is 6.30. The lowest BCUT2D eigenvalue weighted by molar-refractivity contribution is -0.137. The van der Waals surface area contributed by atoms with Gasteiger partial charge < -0.3 is 19.3 Å². The molecule has 122 valence electrons. The van der Waals surface area contributed by atoms with Crippen molar-refractivity contribution in [3.63, 3.8) is 0 Å². The molecule has 0 bridgehead atoms. The van der Waals surface area contributed by atoms with Gasteiger partial charge in [0.25, 0.3) is 11.5 Å². The number of carbonyl (C=O) groups is 2. The van der Waals surface area contributed by atoms with Crippen molar-refractivity contribution in [1.29, 1.82) is 0 Å². The van der Waals surface area contributed by atoms with Crippen molar-refractivity contribution < 1.29 is 19.4 Å². The molecule has 1 rings (SSSR count). The highest BCUT2D eigenvalue weighted by atomic mass is 16.5. The average Bonchev–Trinajstić information content (AvgIpc) is 2.44. The molecule has 0 atom stereocenters. The summed E-state index contributed by atoms with van der Waals surface area (Å²) < 4.78 is 6.30. The Hall–Kier alpha value is -2.15. The van der Waals surface area contributed by atoms with E-state index in [0.717, 1.165) is 10.6 Å². The fourth-order valence-electron chi connectivity index (χ4n) is 2.18. The van der Waals surface area contributed by atoms with Crippen LogP contribution in [0, 0.1) is 0 Å². The minimum absolute atomic E-state index is 0.0377. The third-order valence-corrected chi connectivity index (χ3v) is 3.34. The van der Waals surface area contributed by atoms with Crippen molar-refractivity contribution in [3.05, 3.63) is 33.7 Å². The summed E-state index contributed by atoms with van der Waals surface area (Å²) in [7, 11) is 3.06. The predicted molar refractivity (Wildman–Crippen MR) is 81.2 cm³/mol. The quantitative estimate of drug-likeness (QED) is 0.800.